The van der Waals surface area contributed by atoms with E-state index in [1.165, 1.54) is 25.0 Å². The second-order valence-corrected chi connectivity index (χ2v) is 7.08. The molecule has 0 aliphatic carbocycles. The average Bonchev–Trinajstić information content (AvgIpc) is 3.08. The molecule has 2 aliphatic heterocycles. The predicted molar refractivity (Wildman–Crippen MR) is 90.2 cm³/mol. The average molecular weight is 354 g/mol. The van der Waals surface area contributed by atoms with Crippen LogP contribution in [0.5, 0.6) is 0 Å². The van der Waals surface area contributed by atoms with Crippen LogP contribution in [0.25, 0.3) is 0 Å². The summed E-state index contributed by atoms with van der Waals surface area (Å²) in [7, 11) is 0. The number of hydrogen-bond acceptors (Lipinski definition) is 2. The highest BCUT2D eigenvalue weighted by Crippen LogP contribution is 2.32. The number of piperidine rings is 1. The van der Waals surface area contributed by atoms with Gasteiger partial charge in [-0.15, -0.1) is 0 Å². The fraction of sp³-hybridized carbons (Fsp3) is 0.632. The van der Waals surface area contributed by atoms with Gasteiger partial charge in [0.15, 0.2) is 0 Å². The van der Waals surface area contributed by atoms with E-state index in [-0.39, 0.29) is 23.9 Å². The molecular formula is C19H25F3N2O. The number of likely N-dealkylation sites (tertiary alicyclic amines) is 2. The first-order valence-corrected chi connectivity index (χ1v) is 9.12. The summed E-state index contributed by atoms with van der Waals surface area (Å²) >= 11 is 0. The van der Waals surface area contributed by atoms with Crippen molar-refractivity contribution in [2.45, 2.75) is 50.7 Å². The Morgan fingerprint density at radius 1 is 1.04 bits per heavy atom. The molecule has 1 aromatic carbocycles. The lowest BCUT2D eigenvalue weighted by Crippen LogP contribution is -2.49. The number of hydrogen-bond donors (Lipinski definition) is 0. The van der Waals surface area contributed by atoms with Crippen molar-refractivity contribution in [3.05, 3.63) is 35.4 Å². The van der Waals surface area contributed by atoms with Crippen LogP contribution in [-0.2, 0) is 17.4 Å². The number of carbonyl (C=O) groups is 1. The quantitative estimate of drug-likeness (QED) is 0.823. The van der Waals surface area contributed by atoms with Crippen LogP contribution >= 0.6 is 0 Å². The largest absolute Gasteiger partial charge is 0.416 e. The lowest BCUT2D eigenvalue weighted by atomic mass is 9.98. The molecule has 1 aromatic rings. The molecule has 138 valence electrons. The van der Waals surface area contributed by atoms with Crippen molar-refractivity contribution in [3.63, 3.8) is 0 Å². The van der Waals surface area contributed by atoms with Gasteiger partial charge in [0.25, 0.3) is 0 Å². The van der Waals surface area contributed by atoms with Gasteiger partial charge in [-0.3, -0.25) is 4.79 Å². The lowest BCUT2D eigenvalue weighted by Gasteiger charge is -2.38. The van der Waals surface area contributed by atoms with Crippen LogP contribution in [-0.4, -0.2) is 47.9 Å². The third kappa shape index (κ3) is 4.54. The summed E-state index contributed by atoms with van der Waals surface area (Å²) in [6, 6.07) is 5.54. The SMILES string of the molecule is O=C(Cc1ccccc1C(F)(F)F)N1CCCCC1CN1CCCC1. The topological polar surface area (TPSA) is 23.6 Å². The molecule has 0 bridgehead atoms. The molecule has 1 unspecified atom stereocenters. The molecule has 2 heterocycles. The second-order valence-electron chi connectivity index (χ2n) is 7.08. The van der Waals surface area contributed by atoms with Crippen LogP contribution in [0.15, 0.2) is 24.3 Å². The Bertz CT molecular complexity index is 597. The van der Waals surface area contributed by atoms with Crippen LogP contribution in [0.4, 0.5) is 13.2 Å². The molecule has 2 saturated heterocycles. The number of amides is 1. The third-order valence-electron chi connectivity index (χ3n) is 5.28. The van der Waals surface area contributed by atoms with E-state index >= 15 is 0 Å². The molecule has 0 spiro atoms. The summed E-state index contributed by atoms with van der Waals surface area (Å²) in [6.45, 7) is 3.64. The maximum atomic E-state index is 13.2. The minimum Gasteiger partial charge on any atom is -0.338 e. The van der Waals surface area contributed by atoms with Crippen LogP contribution in [0.2, 0.25) is 0 Å². The summed E-state index contributed by atoms with van der Waals surface area (Å²) in [5.41, 5.74) is -0.623. The monoisotopic (exact) mass is 354 g/mol. The van der Waals surface area contributed by atoms with Crippen molar-refractivity contribution in [2.24, 2.45) is 0 Å². The van der Waals surface area contributed by atoms with E-state index in [1.807, 2.05) is 4.90 Å². The van der Waals surface area contributed by atoms with E-state index < -0.39 is 11.7 Å². The first kappa shape index (κ1) is 18.2. The highest BCUT2D eigenvalue weighted by Gasteiger charge is 2.35. The fourth-order valence-corrected chi connectivity index (χ4v) is 4.00. The molecule has 0 saturated carbocycles. The van der Waals surface area contributed by atoms with E-state index in [9.17, 15) is 18.0 Å². The number of alkyl halides is 3. The van der Waals surface area contributed by atoms with Gasteiger partial charge in [0, 0.05) is 19.1 Å². The lowest BCUT2D eigenvalue weighted by molar-refractivity contribution is -0.139. The highest BCUT2D eigenvalue weighted by atomic mass is 19.4. The molecular weight excluding hydrogens is 329 g/mol. The molecule has 3 rings (SSSR count). The smallest absolute Gasteiger partial charge is 0.338 e. The van der Waals surface area contributed by atoms with Crippen molar-refractivity contribution < 1.29 is 18.0 Å². The number of halogens is 3. The van der Waals surface area contributed by atoms with E-state index in [1.54, 1.807) is 6.07 Å². The number of benzene rings is 1. The fourth-order valence-electron chi connectivity index (χ4n) is 4.00. The summed E-state index contributed by atoms with van der Waals surface area (Å²) in [6.07, 6.45) is 0.757. The molecule has 3 nitrogen and oxygen atoms in total. The van der Waals surface area contributed by atoms with Gasteiger partial charge in [0.05, 0.1) is 12.0 Å². The van der Waals surface area contributed by atoms with E-state index in [0.29, 0.717) is 6.54 Å². The van der Waals surface area contributed by atoms with E-state index in [2.05, 4.69) is 4.90 Å². The molecule has 1 amide bonds. The van der Waals surface area contributed by atoms with Gasteiger partial charge in [-0.2, -0.15) is 13.2 Å². The van der Waals surface area contributed by atoms with Crippen molar-refractivity contribution in [1.82, 2.24) is 9.80 Å². The van der Waals surface area contributed by atoms with Crippen molar-refractivity contribution in [1.29, 1.82) is 0 Å². The van der Waals surface area contributed by atoms with Crippen molar-refractivity contribution in [3.8, 4) is 0 Å². The second kappa shape index (κ2) is 7.77. The van der Waals surface area contributed by atoms with Gasteiger partial charge in [-0.25, -0.2) is 0 Å². The van der Waals surface area contributed by atoms with Crippen molar-refractivity contribution >= 4 is 5.91 Å². The van der Waals surface area contributed by atoms with E-state index in [0.717, 1.165) is 45.0 Å². The van der Waals surface area contributed by atoms with Crippen LogP contribution < -0.4 is 0 Å². The van der Waals surface area contributed by atoms with Crippen molar-refractivity contribution in [2.75, 3.05) is 26.2 Å². The Hall–Kier alpha value is -1.56. The van der Waals surface area contributed by atoms with Gasteiger partial charge < -0.3 is 9.80 Å². The summed E-state index contributed by atoms with van der Waals surface area (Å²) < 4.78 is 39.5. The minimum absolute atomic E-state index is 0.0745. The number of carbonyl (C=O) groups excluding carboxylic acids is 1. The van der Waals surface area contributed by atoms with Crippen LogP contribution in [0.3, 0.4) is 0 Å². The molecule has 6 heteroatoms. The summed E-state index contributed by atoms with van der Waals surface area (Å²) in [5, 5.41) is 0. The van der Waals surface area contributed by atoms with E-state index in [4.69, 9.17) is 0 Å². The zero-order valence-corrected chi connectivity index (χ0v) is 14.4. The van der Waals surface area contributed by atoms with Gasteiger partial charge in [-0.05, 0) is 56.8 Å². The number of nitrogens with zero attached hydrogens (tertiary/aromatic N) is 2. The van der Waals surface area contributed by atoms with Gasteiger partial charge in [0.1, 0.15) is 0 Å². The standard InChI is InChI=1S/C19H25F3N2O/c20-19(21,22)17-9-2-1-7-15(17)13-18(25)24-12-4-3-8-16(24)14-23-10-5-6-11-23/h1-2,7,9,16H,3-6,8,10-14H2. The van der Waals surface area contributed by atoms with Crippen LogP contribution in [0.1, 0.15) is 43.2 Å². The normalized spacial score (nSPS) is 22.4. The zero-order valence-electron chi connectivity index (χ0n) is 14.4. The molecule has 0 aromatic heterocycles. The summed E-state index contributed by atoms with van der Waals surface area (Å²) in [4.78, 5) is 17.0. The maximum Gasteiger partial charge on any atom is 0.416 e. The Balaban J connectivity index is 1.70. The Morgan fingerprint density at radius 2 is 1.72 bits per heavy atom. The van der Waals surface area contributed by atoms with Crippen LogP contribution in [0, 0.1) is 0 Å². The predicted octanol–water partition coefficient (Wildman–Crippen LogP) is 3.72. The minimum atomic E-state index is -4.42. The Morgan fingerprint density at radius 3 is 2.44 bits per heavy atom. The molecule has 0 N–H and O–H groups in total. The molecule has 1 atom stereocenters. The molecule has 2 aliphatic rings. The molecule has 2 fully saturated rings. The first-order valence-electron chi connectivity index (χ1n) is 9.12. The summed E-state index contributed by atoms with van der Waals surface area (Å²) in [5.74, 6) is -0.180. The molecule has 25 heavy (non-hydrogen) atoms. The molecule has 0 radical (unpaired) electrons. The van der Waals surface area contributed by atoms with Gasteiger partial charge in [-0.1, -0.05) is 18.2 Å². The zero-order chi connectivity index (χ0) is 17.9. The Kier molecular flexibility index (Phi) is 5.67. The first-order chi connectivity index (χ1) is 11.9. The highest BCUT2D eigenvalue weighted by molar-refractivity contribution is 5.79. The third-order valence-corrected chi connectivity index (χ3v) is 5.28. The van der Waals surface area contributed by atoms with Gasteiger partial charge >= 0.3 is 6.18 Å². The Labute approximate surface area is 146 Å². The number of rotatable bonds is 4. The van der Waals surface area contributed by atoms with Gasteiger partial charge in [0.2, 0.25) is 5.91 Å². The maximum absolute atomic E-state index is 13.2.